The van der Waals surface area contributed by atoms with Crippen LogP contribution in [0.25, 0.3) is 10.6 Å². The third-order valence-electron chi connectivity index (χ3n) is 5.94. The molecule has 1 fully saturated rings. The minimum absolute atomic E-state index is 0.0326. The summed E-state index contributed by atoms with van der Waals surface area (Å²) in [6.45, 7) is 0. The van der Waals surface area contributed by atoms with Gasteiger partial charge in [0.1, 0.15) is 5.01 Å². The van der Waals surface area contributed by atoms with Gasteiger partial charge in [0.05, 0.1) is 11.1 Å². The molecule has 156 valence electrons. The SMILES string of the molecule is O=C(Nc1ccc(-c2nccs2)cc1)c1ccc2c(c1)C(=O)N(C1CCCCC1)C2=O. The Morgan fingerprint density at radius 1 is 0.968 bits per heavy atom. The molecule has 1 aromatic heterocycles. The summed E-state index contributed by atoms with van der Waals surface area (Å²) in [7, 11) is 0. The van der Waals surface area contributed by atoms with Gasteiger partial charge in [-0.3, -0.25) is 19.3 Å². The van der Waals surface area contributed by atoms with Gasteiger partial charge in [-0.2, -0.15) is 0 Å². The van der Waals surface area contributed by atoms with Crippen molar-refractivity contribution in [2.75, 3.05) is 5.32 Å². The molecule has 0 saturated heterocycles. The molecule has 2 heterocycles. The van der Waals surface area contributed by atoms with Crippen molar-refractivity contribution in [1.82, 2.24) is 9.88 Å². The first kappa shape index (κ1) is 19.6. The van der Waals surface area contributed by atoms with Gasteiger partial charge in [0.2, 0.25) is 0 Å². The number of imide groups is 1. The second-order valence-corrected chi connectivity index (χ2v) is 8.80. The molecule has 1 saturated carbocycles. The van der Waals surface area contributed by atoms with E-state index in [1.165, 1.54) is 11.0 Å². The standard InChI is InChI=1S/C24H21N3O3S/c28-21(26-17-9-6-15(7-10-17)22-25-12-13-31-22)16-8-11-19-20(14-16)24(30)27(23(19)29)18-4-2-1-3-5-18/h6-14,18H,1-5H2,(H,26,28). The predicted octanol–water partition coefficient (Wildman–Crippen LogP) is 4.99. The first-order valence-electron chi connectivity index (χ1n) is 10.4. The number of fused-ring (bicyclic) bond motifs is 1. The highest BCUT2D eigenvalue weighted by Gasteiger charge is 2.40. The average Bonchev–Trinajstić information content (AvgIpc) is 3.42. The summed E-state index contributed by atoms with van der Waals surface area (Å²) in [5, 5.41) is 5.69. The highest BCUT2D eigenvalue weighted by molar-refractivity contribution is 7.13. The molecule has 6 nitrogen and oxygen atoms in total. The fourth-order valence-corrected chi connectivity index (χ4v) is 4.98. The van der Waals surface area contributed by atoms with E-state index < -0.39 is 0 Å². The number of benzene rings is 2. The van der Waals surface area contributed by atoms with Gasteiger partial charge in [0.15, 0.2) is 0 Å². The average molecular weight is 432 g/mol. The van der Waals surface area contributed by atoms with Gasteiger partial charge in [0.25, 0.3) is 17.7 Å². The summed E-state index contributed by atoms with van der Waals surface area (Å²) in [5.41, 5.74) is 2.70. The van der Waals surface area contributed by atoms with E-state index in [4.69, 9.17) is 0 Å². The van der Waals surface area contributed by atoms with E-state index in [1.807, 2.05) is 29.6 Å². The van der Waals surface area contributed by atoms with Gasteiger partial charge >= 0.3 is 0 Å². The topological polar surface area (TPSA) is 79.4 Å². The van der Waals surface area contributed by atoms with Crippen LogP contribution in [0.3, 0.4) is 0 Å². The second-order valence-electron chi connectivity index (χ2n) is 7.90. The van der Waals surface area contributed by atoms with Gasteiger partial charge in [0, 0.05) is 34.4 Å². The number of carbonyl (C=O) groups is 3. The van der Waals surface area contributed by atoms with Crippen LogP contribution in [-0.2, 0) is 0 Å². The van der Waals surface area contributed by atoms with E-state index in [-0.39, 0.29) is 23.8 Å². The molecule has 2 aromatic carbocycles. The number of anilines is 1. The number of aromatic nitrogens is 1. The van der Waals surface area contributed by atoms with E-state index in [0.29, 0.717) is 22.4 Å². The van der Waals surface area contributed by atoms with Crippen LogP contribution in [0.15, 0.2) is 54.0 Å². The summed E-state index contributed by atoms with van der Waals surface area (Å²) in [4.78, 5) is 44.2. The Labute approximate surface area is 183 Å². The second kappa shape index (κ2) is 8.07. The normalized spacial score (nSPS) is 16.5. The molecular formula is C24H21N3O3S. The Morgan fingerprint density at radius 3 is 2.42 bits per heavy atom. The third kappa shape index (κ3) is 3.65. The van der Waals surface area contributed by atoms with Crippen molar-refractivity contribution in [3.63, 3.8) is 0 Å². The van der Waals surface area contributed by atoms with Crippen molar-refractivity contribution < 1.29 is 14.4 Å². The molecule has 1 aliphatic carbocycles. The zero-order valence-corrected chi connectivity index (χ0v) is 17.7. The molecule has 3 amide bonds. The van der Waals surface area contributed by atoms with Crippen LogP contribution in [-0.4, -0.2) is 33.6 Å². The third-order valence-corrected chi connectivity index (χ3v) is 6.76. The zero-order chi connectivity index (χ0) is 21.4. The maximum absolute atomic E-state index is 13.0. The number of hydrogen-bond donors (Lipinski definition) is 1. The molecule has 0 spiro atoms. The Balaban J connectivity index is 1.33. The molecular weight excluding hydrogens is 410 g/mol. The van der Waals surface area contributed by atoms with Crippen LogP contribution in [0.4, 0.5) is 5.69 Å². The number of thiazole rings is 1. The molecule has 5 rings (SSSR count). The van der Waals surface area contributed by atoms with Gasteiger partial charge in [-0.05, 0) is 55.3 Å². The molecule has 3 aromatic rings. The minimum Gasteiger partial charge on any atom is -0.322 e. The highest BCUT2D eigenvalue weighted by atomic mass is 32.1. The Hall–Kier alpha value is -3.32. The maximum atomic E-state index is 13.0. The molecule has 31 heavy (non-hydrogen) atoms. The Morgan fingerprint density at radius 2 is 1.71 bits per heavy atom. The summed E-state index contributed by atoms with van der Waals surface area (Å²) >= 11 is 1.55. The lowest BCUT2D eigenvalue weighted by molar-refractivity contribution is 0.0549. The van der Waals surface area contributed by atoms with Gasteiger partial charge in [-0.1, -0.05) is 19.3 Å². The lowest BCUT2D eigenvalue weighted by Crippen LogP contribution is -2.40. The molecule has 0 radical (unpaired) electrons. The molecule has 0 unspecified atom stereocenters. The van der Waals surface area contributed by atoms with Crippen LogP contribution in [0, 0.1) is 0 Å². The van der Waals surface area contributed by atoms with Crippen molar-refractivity contribution in [2.24, 2.45) is 0 Å². The molecule has 1 aliphatic heterocycles. The van der Waals surface area contributed by atoms with Crippen LogP contribution in [0.1, 0.15) is 63.2 Å². The quantitative estimate of drug-likeness (QED) is 0.590. The van der Waals surface area contributed by atoms with Gasteiger partial charge < -0.3 is 5.32 Å². The van der Waals surface area contributed by atoms with Gasteiger partial charge in [-0.15, -0.1) is 11.3 Å². The number of nitrogens with zero attached hydrogens (tertiary/aromatic N) is 2. The summed E-state index contributed by atoms with van der Waals surface area (Å²) < 4.78 is 0. The summed E-state index contributed by atoms with van der Waals surface area (Å²) in [6.07, 6.45) is 6.69. The first-order valence-corrected chi connectivity index (χ1v) is 11.3. The summed E-state index contributed by atoms with van der Waals surface area (Å²) in [6, 6.07) is 12.2. The zero-order valence-electron chi connectivity index (χ0n) is 16.8. The maximum Gasteiger partial charge on any atom is 0.261 e. The van der Waals surface area contributed by atoms with Crippen molar-refractivity contribution >= 4 is 34.7 Å². The lowest BCUT2D eigenvalue weighted by atomic mass is 9.94. The summed E-state index contributed by atoms with van der Waals surface area (Å²) in [5.74, 6) is -0.841. The first-order chi connectivity index (χ1) is 15.1. The minimum atomic E-state index is -0.318. The smallest absolute Gasteiger partial charge is 0.261 e. The lowest BCUT2D eigenvalue weighted by Gasteiger charge is -2.29. The fraction of sp³-hybridized carbons (Fsp3) is 0.250. The fourth-order valence-electron chi connectivity index (χ4n) is 4.34. The van der Waals surface area contributed by atoms with E-state index in [1.54, 1.807) is 29.7 Å². The number of rotatable bonds is 4. The number of hydrogen-bond acceptors (Lipinski definition) is 5. The van der Waals surface area contributed by atoms with Crippen LogP contribution >= 0.6 is 11.3 Å². The van der Waals surface area contributed by atoms with Crippen molar-refractivity contribution in [3.05, 3.63) is 70.7 Å². The molecule has 0 atom stereocenters. The Kier molecular flexibility index (Phi) is 5.11. The molecule has 2 aliphatic rings. The largest absolute Gasteiger partial charge is 0.322 e. The van der Waals surface area contributed by atoms with E-state index in [0.717, 1.165) is 42.7 Å². The van der Waals surface area contributed by atoms with E-state index >= 15 is 0 Å². The van der Waals surface area contributed by atoms with E-state index in [9.17, 15) is 14.4 Å². The molecule has 7 heteroatoms. The van der Waals surface area contributed by atoms with Crippen molar-refractivity contribution in [2.45, 2.75) is 38.1 Å². The molecule has 1 N–H and O–H groups in total. The number of nitrogens with one attached hydrogen (secondary N) is 1. The van der Waals surface area contributed by atoms with Crippen LogP contribution in [0.5, 0.6) is 0 Å². The van der Waals surface area contributed by atoms with Crippen LogP contribution in [0.2, 0.25) is 0 Å². The van der Waals surface area contributed by atoms with E-state index in [2.05, 4.69) is 10.3 Å². The van der Waals surface area contributed by atoms with Gasteiger partial charge in [-0.25, -0.2) is 4.98 Å². The number of carbonyl (C=O) groups excluding carboxylic acids is 3. The number of amides is 3. The highest BCUT2D eigenvalue weighted by Crippen LogP contribution is 2.31. The molecule has 0 bridgehead atoms. The van der Waals surface area contributed by atoms with Crippen molar-refractivity contribution in [1.29, 1.82) is 0 Å². The predicted molar refractivity (Wildman–Crippen MR) is 119 cm³/mol. The van der Waals surface area contributed by atoms with Crippen LogP contribution < -0.4 is 5.32 Å². The monoisotopic (exact) mass is 431 g/mol. The van der Waals surface area contributed by atoms with Crippen molar-refractivity contribution in [3.8, 4) is 10.6 Å². The Bertz CT molecular complexity index is 1150.